The summed E-state index contributed by atoms with van der Waals surface area (Å²) in [7, 11) is 0. The van der Waals surface area contributed by atoms with Crippen molar-refractivity contribution in [2.45, 2.75) is 25.5 Å². The van der Waals surface area contributed by atoms with Crippen molar-refractivity contribution in [2.75, 3.05) is 26.2 Å². The summed E-state index contributed by atoms with van der Waals surface area (Å²) in [5.41, 5.74) is 6.86. The molecular weight excluding hydrogens is 267 g/mol. The van der Waals surface area contributed by atoms with E-state index in [9.17, 15) is 4.39 Å². The molecule has 0 saturated carbocycles. The number of hydrogen-bond acceptors (Lipinski definition) is 3. The van der Waals surface area contributed by atoms with E-state index in [2.05, 4.69) is 11.8 Å². The molecular formula is C14H20ClFN2O. The highest BCUT2D eigenvalue weighted by Crippen LogP contribution is 2.26. The molecule has 0 radical (unpaired) electrons. The van der Waals surface area contributed by atoms with Gasteiger partial charge in [-0.15, -0.1) is 0 Å². The molecule has 1 aromatic rings. The molecule has 2 rings (SSSR count). The van der Waals surface area contributed by atoms with Gasteiger partial charge in [0.2, 0.25) is 0 Å². The van der Waals surface area contributed by atoms with Crippen LogP contribution in [0.2, 0.25) is 5.02 Å². The molecule has 0 aromatic heterocycles. The Morgan fingerprint density at radius 3 is 3.05 bits per heavy atom. The van der Waals surface area contributed by atoms with Crippen LogP contribution in [0.25, 0.3) is 0 Å². The summed E-state index contributed by atoms with van der Waals surface area (Å²) >= 11 is 5.86. The Morgan fingerprint density at radius 2 is 2.37 bits per heavy atom. The zero-order valence-corrected chi connectivity index (χ0v) is 11.9. The molecule has 0 spiro atoms. The van der Waals surface area contributed by atoms with E-state index >= 15 is 0 Å². The molecule has 2 N–H and O–H groups in total. The second kappa shape index (κ2) is 6.66. The first-order valence-corrected chi connectivity index (χ1v) is 7.00. The van der Waals surface area contributed by atoms with Crippen molar-refractivity contribution in [1.82, 2.24) is 4.90 Å². The quantitative estimate of drug-likeness (QED) is 0.928. The van der Waals surface area contributed by atoms with Gasteiger partial charge in [-0.1, -0.05) is 17.7 Å². The van der Waals surface area contributed by atoms with Crippen LogP contribution in [0, 0.1) is 5.82 Å². The van der Waals surface area contributed by atoms with Crippen LogP contribution in [-0.4, -0.2) is 37.2 Å². The molecule has 0 bridgehead atoms. The van der Waals surface area contributed by atoms with Gasteiger partial charge in [0.25, 0.3) is 0 Å². The minimum Gasteiger partial charge on any atom is -0.377 e. The molecule has 0 aliphatic carbocycles. The van der Waals surface area contributed by atoms with Gasteiger partial charge >= 0.3 is 0 Å². The van der Waals surface area contributed by atoms with Crippen LogP contribution in [-0.2, 0) is 4.74 Å². The van der Waals surface area contributed by atoms with E-state index in [-0.39, 0.29) is 17.2 Å². The van der Waals surface area contributed by atoms with Gasteiger partial charge in [-0.2, -0.15) is 0 Å². The fraction of sp³-hybridized carbons (Fsp3) is 0.571. The highest BCUT2D eigenvalue weighted by Gasteiger charge is 2.23. The van der Waals surface area contributed by atoms with E-state index in [0.29, 0.717) is 6.54 Å². The third kappa shape index (κ3) is 3.66. The lowest BCUT2D eigenvalue weighted by molar-refractivity contribution is 0.0612. The summed E-state index contributed by atoms with van der Waals surface area (Å²) in [6.07, 6.45) is 1.17. The largest absolute Gasteiger partial charge is 0.377 e. The van der Waals surface area contributed by atoms with Crippen molar-refractivity contribution in [3.8, 4) is 0 Å². The van der Waals surface area contributed by atoms with E-state index in [1.165, 1.54) is 6.07 Å². The van der Waals surface area contributed by atoms with E-state index < -0.39 is 5.82 Å². The summed E-state index contributed by atoms with van der Waals surface area (Å²) in [6, 6.07) is 4.89. The standard InChI is InChI=1S/C14H20ClFN2O/c1-10-9-18(5-2-6-19-10)14(8-17)11-3-4-13(16)12(15)7-11/h3-4,7,10,14H,2,5-6,8-9,17H2,1H3. The topological polar surface area (TPSA) is 38.5 Å². The molecule has 2 unspecified atom stereocenters. The summed E-state index contributed by atoms with van der Waals surface area (Å²) in [6.45, 7) is 5.08. The number of rotatable bonds is 3. The maximum Gasteiger partial charge on any atom is 0.141 e. The predicted octanol–water partition coefficient (Wildman–Crippen LogP) is 2.59. The lowest BCUT2D eigenvalue weighted by atomic mass is 10.0. The molecule has 5 heteroatoms. The summed E-state index contributed by atoms with van der Waals surface area (Å²) < 4.78 is 18.9. The molecule has 1 aromatic carbocycles. The summed E-state index contributed by atoms with van der Waals surface area (Å²) in [5, 5.41) is 0.148. The highest BCUT2D eigenvalue weighted by molar-refractivity contribution is 6.30. The van der Waals surface area contributed by atoms with Crippen LogP contribution < -0.4 is 5.73 Å². The molecule has 106 valence electrons. The third-order valence-corrected chi connectivity index (χ3v) is 3.77. The molecule has 3 nitrogen and oxygen atoms in total. The number of hydrogen-bond donors (Lipinski definition) is 1. The van der Waals surface area contributed by atoms with Crippen molar-refractivity contribution in [2.24, 2.45) is 5.73 Å². The maximum absolute atomic E-state index is 13.2. The normalized spacial score (nSPS) is 23.1. The van der Waals surface area contributed by atoms with Crippen LogP contribution in [0.4, 0.5) is 4.39 Å². The smallest absolute Gasteiger partial charge is 0.141 e. The predicted molar refractivity (Wildman–Crippen MR) is 74.8 cm³/mol. The van der Waals surface area contributed by atoms with Crippen LogP contribution in [0.1, 0.15) is 24.9 Å². The van der Waals surface area contributed by atoms with Gasteiger partial charge in [-0.05, 0) is 31.0 Å². The number of benzene rings is 1. The van der Waals surface area contributed by atoms with E-state index in [0.717, 1.165) is 31.7 Å². The van der Waals surface area contributed by atoms with Gasteiger partial charge in [0, 0.05) is 32.3 Å². The number of nitrogens with zero attached hydrogens (tertiary/aromatic N) is 1. The molecule has 1 aliphatic heterocycles. The van der Waals surface area contributed by atoms with Gasteiger partial charge in [0.15, 0.2) is 0 Å². The van der Waals surface area contributed by atoms with Crippen molar-refractivity contribution < 1.29 is 9.13 Å². The molecule has 1 fully saturated rings. The van der Waals surface area contributed by atoms with Gasteiger partial charge in [0.1, 0.15) is 5.82 Å². The lowest BCUT2D eigenvalue weighted by Crippen LogP contribution is -2.37. The second-order valence-electron chi connectivity index (χ2n) is 4.95. The average Bonchev–Trinajstić information content (AvgIpc) is 2.59. The number of halogens is 2. The first-order chi connectivity index (χ1) is 9.11. The molecule has 0 amide bonds. The Hall–Kier alpha value is -0.680. The first kappa shape index (κ1) is 14.7. The third-order valence-electron chi connectivity index (χ3n) is 3.48. The second-order valence-corrected chi connectivity index (χ2v) is 5.36. The minimum absolute atomic E-state index is 0.0576. The fourth-order valence-corrected chi connectivity index (χ4v) is 2.71. The summed E-state index contributed by atoms with van der Waals surface area (Å²) in [5.74, 6) is -0.395. The molecule has 1 aliphatic rings. The average molecular weight is 287 g/mol. The Balaban J connectivity index is 2.20. The van der Waals surface area contributed by atoms with Gasteiger partial charge in [0.05, 0.1) is 11.1 Å². The van der Waals surface area contributed by atoms with Crippen LogP contribution in [0.5, 0.6) is 0 Å². The SMILES string of the molecule is CC1CN(C(CN)c2ccc(F)c(Cl)c2)CCCO1. The summed E-state index contributed by atoms with van der Waals surface area (Å²) in [4.78, 5) is 2.29. The fourth-order valence-electron chi connectivity index (χ4n) is 2.53. The molecule has 1 saturated heterocycles. The van der Waals surface area contributed by atoms with E-state index in [4.69, 9.17) is 22.1 Å². The van der Waals surface area contributed by atoms with Gasteiger partial charge in [-0.25, -0.2) is 4.39 Å². The van der Waals surface area contributed by atoms with Crippen molar-refractivity contribution in [3.05, 3.63) is 34.6 Å². The van der Waals surface area contributed by atoms with Crippen molar-refractivity contribution in [3.63, 3.8) is 0 Å². The Bertz CT molecular complexity index is 430. The Labute approximate surface area is 118 Å². The Morgan fingerprint density at radius 1 is 1.58 bits per heavy atom. The Kier molecular flexibility index (Phi) is 5.16. The first-order valence-electron chi connectivity index (χ1n) is 6.62. The monoisotopic (exact) mass is 286 g/mol. The van der Waals surface area contributed by atoms with Crippen LogP contribution in [0.15, 0.2) is 18.2 Å². The van der Waals surface area contributed by atoms with Crippen molar-refractivity contribution in [1.29, 1.82) is 0 Å². The van der Waals surface area contributed by atoms with Gasteiger partial charge < -0.3 is 10.5 Å². The zero-order valence-electron chi connectivity index (χ0n) is 11.1. The highest BCUT2D eigenvalue weighted by atomic mass is 35.5. The van der Waals surface area contributed by atoms with E-state index in [1.807, 2.05) is 0 Å². The number of nitrogens with two attached hydrogens (primary N) is 1. The van der Waals surface area contributed by atoms with Crippen LogP contribution >= 0.6 is 11.6 Å². The van der Waals surface area contributed by atoms with Crippen LogP contribution in [0.3, 0.4) is 0 Å². The zero-order chi connectivity index (χ0) is 13.8. The molecule has 19 heavy (non-hydrogen) atoms. The molecule has 1 heterocycles. The number of ether oxygens (including phenoxy) is 1. The van der Waals surface area contributed by atoms with E-state index in [1.54, 1.807) is 12.1 Å². The van der Waals surface area contributed by atoms with Crippen molar-refractivity contribution >= 4 is 11.6 Å². The molecule has 2 atom stereocenters. The van der Waals surface area contributed by atoms with Gasteiger partial charge in [-0.3, -0.25) is 4.90 Å². The lowest BCUT2D eigenvalue weighted by Gasteiger charge is -2.31. The minimum atomic E-state index is -0.395. The maximum atomic E-state index is 13.2.